The minimum absolute atomic E-state index is 0.580. The molecular weight excluding hydrogens is 366 g/mol. The quantitative estimate of drug-likeness (QED) is 0.759. The Bertz CT molecular complexity index is 850. The highest BCUT2D eigenvalue weighted by molar-refractivity contribution is 5.64. The minimum Gasteiger partial charge on any atom is -0.500 e. The number of likely N-dealkylation sites (tertiary alicyclic amines) is 1. The zero-order valence-corrected chi connectivity index (χ0v) is 18.2. The summed E-state index contributed by atoms with van der Waals surface area (Å²) >= 11 is 0. The van der Waals surface area contributed by atoms with E-state index in [1.807, 2.05) is 0 Å². The molecule has 6 nitrogen and oxygen atoms in total. The van der Waals surface area contributed by atoms with Crippen molar-refractivity contribution in [2.24, 2.45) is 5.92 Å². The van der Waals surface area contributed by atoms with Crippen molar-refractivity contribution in [1.29, 1.82) is 0 Å². The molecule has 0 bridgehead atoms. The largest absolute Gasteiger partial charge is 0.500 e. The van der Waals surface area contributed by atoms with Gasteiger partial charge in [0.1, 0.15) is 5.76 Å². The van der Waals surface area contributed by atoms with Crippen molar-refractivity contribution in [2.75, 3.05) is 47.1 Å². The fourth-order valence-electron chi connectivity index (χ4n) is 4.50. The molecule has 0 spiro atoms. The molecule has 1 atom stereocenters. The van der Waals surface area contributed by atoms with Gasteiger partial charge in [-0.25, -0.2) is 4.68 Å². The summed E-state index contributed by atoms with van der Waals surface area (Å²) in [6.07, 6.45) is 8.10. The maximum atomic E-state index is 6.29. The molecule has 29 heavy (non-hydrogen) atoms. The van der Waals surface area contributed by atoms with Gasteiger partial charge in [0.25, 0.3) is 0 Å². The molecule has 0 radical (unpaired) electrons. The summed E-state index contributed by atoms with van der Waals surface area (Å²) in [5.74, 6) is 2.37. The molecule has 0 amide bonds. The molecule has 1 aromatic heterocycles. The molecule has 0 N–H and O–H groups in total. The lowest BCUT2D eigenvalue weighted by Gasteiger charge is -2.11. The highest BCUT2D eigenvalue weighted by Gasteiger charge is 2.25. The molecule has 6 heteroatoms. The summed E-state index contributed by atoms with van der Waals surface area (Å²) in [5, 5.41) is 4.95. The smallest absolute Gasteiger partial charge is 0.236 e. The average Bonchev–Trinajstić information content (AvgIpc) is 3.11. The third kappa shape index (κ3) is 4.43. The normalized spacial score (nSPS) is 23.2. The molecule has 3 aliphatic rings. The average molecular weight is 400 g/mol. The van der Waals surface area contributed by atoms with Crippen LogP contribution in [0.5, 0.6) is 5.88 Å². The molecule has 1 aliphatic carbocycles. The van der Waals surface area contributed by atoms with Crippen LogP contribution in [0.4, 0.5) is 0 Å². The van der Waals surface area contributed by atoms with Crippen LogP contribution in [0, 0.1) is 5.92 Å². The van der Waals surface area contributed by atoms with Crippen molar-refractivity contribution < 1.29 is 14.2 Å². The van der Waals surface area contributed by atoms with E-state index in [1.165, 1.54) is 23.3 Å². The first-order valence-corrected chi connectivity index (χ1v) is 10.7. The van der Waals surface area contributed by atoms with E-state index in [0.29, 0.717) is 5.92 Å². The topological polar surface area (TPSA) is 48.8 Å². The van der Waals surface area contributed by atoms with E-state index in [0.717, 1.165) is 75.1 Å². The minimum atomic E-state index is 0.580. The summed E-state index contributed by atoms with van der Waals surface area (Å²) < 4.78 is 19.7. The summed E-state index contributed by atoms with van der Waals surface area (Å²) in [6, 6.07) is 0. The second-order valence-electron chi connectivity index (χ2n) is 8.53. The van der Waals surface area contributed by atoms with Gasteiger partial charge in [-0.3, -0.25) is 0 Å². The van der Waals surface area contributed by atoms with Crippen LogP contribution in [0.15, 0.2) is 29.1 Å². The molecule has 1 saturated heterocycles. The Labute approximate surface area is 173 Å². The lowest BCUT2D eigenvalue weighted by atomic mass is 10.1. The van der Waals surface area contributed by atoms with Crippen LogP contribution in [0.1, 0.15) is 37.9 Å². The Balaban J connectivity index is 1.67. The summed E-state index contributed by atoms with van der Waals surface area (Å²) in [6.45, 7) is 8.67. The van der Waals surface area contributed by atoms with E-state index in [1.54, 1.807) is 7.11 Å². The van der Waals surface area contributed by atoms with Crippen molar-refractivity contribution in [3.63, 3.8) is 0 Å². The van der Waals surface area contributed by atoms with E-state index in [2.05, 4.69) is 42.6 Å². The van der Waals surface area contributed by atoms with Gasteiger partial charge in [-0.15, -0.1) is 5.10 Å². The van der Waals surface area contributed by atoms with Crippen molar-refractivity contribution in [1.82, 2.24) is 14.7 Å². The number of hydrogen-bond donors (Lipinski definition) is 0. The van der Waals surface area contributed by atoms with Gasteiger partial charge in [0.2, 0.25) is 5.88 Å². The molecular formula is C23H33N3O3. The van der Waals surface area contributed by atoms with Crippen LogP contribution < -0.4 is 4.74 Å². The first-order chi connectivity index (χ1) is 14.0. The number of fused-ring (bicyclic) bond motifs is 1. The van der Waals surface area contributed by atoms with Gasteiger partial charge in [0.05, 0.1) is 38.3 Å². The Hall–Kier alpha value is -2.05. The zero-order chi connectivity index (χ0) is 20.4. The monoisotopic (exact) mass is 399 g/mol. The van der Waals surface area contributed by atoms with Crippen molar-refractivity contribution >= 4 is 5.70 Å². The van der Waals surface area contributed by atoms with Crippen LogP contribution in [-0.4, -0.2) is 61.7 Å². The van der Waals surface area contributed by atoms with Crippen LogP contribution in [0.25, 0.3) is 5.70 Å². The fourth-order valence-corrected chi connectivity index (χ4v) is 4.50. The lowest BCUT2D eigenvalue weighted by Crippen LogP contribution is -2.18. The summed E-state index contributed by atoms with van der Waals surface area (Å²) in [7, 11) is 3.92. The van der Waals surface area contributed by atoms with Crippen LogP contribution in [-0.2, 0) is 22.3 Å². The van der Waals surface area contributed by atoms with Gasteiger partial charge in [-0.2, -0.15) is 0 Å². The Morgan fingerprint density at radius 1 is 1.21 bits per heavy atom. The third-order valence-electron chi connectivity index (χ3n) is 6.11. The van der Waals surface area contributed by atoms with Crippen LogP contribution >= 0.6 is 0 Å². The van der Waals surface area contributed by atoms with Crippen LogP contribution in [0.3, 0.4) is 0 Å². The first-order valence-electron chi connectivity index (χ1n) is 10.7. The van der Waals surface area contributed by atoms with Gasteiger partial charge in [0, 0.05) is 37.3 Å². The second-order valence-corrected chi connectivity index (χ2v) is 8.53. The van der Waals surface area contributed by atoms with Crippen molar-refractivity contribution in [3.8, 4) is 5.88 Å². The Morgan fingerprint density at radius 3 is 2.79 bits per heavy atom. The van der Waals surface area contributed by atoms with Gasteiger partial charge in [-0.05, 0) is 51.6 Å². The number of rotatable bonds is 5. The highest BCUT2D eigenvalue weighted by atomic mass is 16.5. The van der Waals surface area contributed by atoms with Crippen molar-refractivity contribution in [2.45, 2.75) is 39.5 Å². The molecule has 0 aromatic carbocycles. The molecule has 1 unspecified atom stereocenters. The lowest BCUT2D eigenvalue weighted by molar-refractivity contribution is 0.144. The molecule has 1 fully saturated rings. The van der Waals surface area contributed by atoms with E-state index < -0.39 is 0 Å². The first kappa shape index (κ1) is 20.2. The van der Waals surface area contributed by atoms with Gasteiger partial charge in [-0.1, -0.05) is 5.57 Å². The van der Waals surface area contributed by atoms with Crippen molar-refractivity contribution in [3.05, 3.63) is 40.3 Å². The van der Waals surface area contributed by atoms with E-state index >= 15 is 0 Å². The molecule has 158 valence electrons. The number of aromatic nitrogens is 2. The maximum absolute atomic E-state index is 6.29. The van der Waals surface area contributed by atoms with Gasteiger partial charge in [0.15, 0.2) is 0 Å². The fraction of sp³-hybridized carbons (Fsp3) is 0.609. The standard InChI is InChI=1S/C23H33N3O3/c1-16-11-19(13-17(2)22(12-16)27-4)26-21-7-10-28-9-6-20(21)23(24-26)29-15-18-5-8-25(3)14-18/h11,13,18H,5-10,12,14-15H2,1-4H3. The Morgan fingerprint density at radius 2 is 2.03 bits per heavy atom. The summed E-state index contributed by atoms with van der Waals surface area (Å²) in [5.41, 5.74) is 5.89. The number of methoxy groups -OCH3 is 1. The van der Waals surface area contributed by atoms with Gasteiger partial charge < -0.3 is 19.1 Å². The molecule has 3 heterocycles. The predicted octanol–water partition coefficient (Wildman–Crippen LogP) is 3.44. The number of allylic oxidation sites excluding steroid dienone is 5. The van der Waals surface area contributed by atoms with E-state index in [4.69, 9.17) is 19.3 Å². The molecule has 1 aromatic rings. The molecule has 0 saturated carbocycles. The summed E-state index contributed by atoms with van der Waals surface area (Å²) in [4.78, 5) is 2.37. The van der Waals surface area contributed by atoms with Gasteiger partial charge >= 0.3 is 0 Å². The maximum Gasteiger partial charge on any atom is 0.236 e. The number of hydrogen-bond acceptors (Lipinski definition) is 5. The number of ether oxygens (including phenoxy) is 3. The SMILES string of the molecule is COC1=C(C)C=C(n2nc(OCC3CCN(C)C3)c3c2CCOCC3)C=C(C)C1. The van der Waals surface area contributed by atoms with E-state index in [9.17, 15) is 0 Å². The predicted molar refractivity (Wildman–Crippen MR) is 114 cm³/mol. The number of nitrogens with zero attached hydrogens (tertiary/aromatic N) is 3. The zero-order valence-electron chi connectivity index (χ0n) is 18.2. The van der Waals surface area contributed by atoms with E-state index in [-0.39, 0.29) is 0 Å². The van der Waals surface area contributed by atoms with Crippen LogP contribution in [0.2, 0.25) is 0 Å². The molecule has 2 aliphatic heterocycles. The third-order valence-corrected chi connectivity index (χ3v) is 6.11. The molecule has 4 rings (SSSR count). The Kier molecular flexibility index (Phi) is 6.11. The second kappa shape index (κ2) is 8.76. The highest BCUT2D eigenvalue weighted by Crippen LogP contribution is 2.31.